The molecular formula is C10H13BCl2O2. The number of rotatable bonds is 1. The summed E-state index contributed by atoms with van der Waals surface area (Å²) >= 11 is 11.9. The van der Waals surface area contributed by atoms with Crippen LogP contribution in [0.4, 0.5) is 0 Å². The Labute approximate surface area is 100.0 Å². The Morgan fingerprint density at radius 2 is 1.67 bits per heavy atom. The van der Waals surface area contributed by atoms with E-state index < -0.39 is 7.12 Å². The molecule has 0 amide bonds. The van der Waals surface area contributed by atoms with E-state index in [1.807, 2.05) is 20.8 Å². The Hall–Kier alpha value is -0.215. The number of hydrogen-bond donors (Lipinski definition) is 2. The summed E-state index contributed by atoms with van der Waals surface area (Å²) in [5.74, 6) is 0. The SMILES string of the molecule is CC(C)(C)c1c(Cl)cc(Cl)cc1B(O)O. The minimum absolute atomic E-state index is 0.263. The quantitative estimate of drug-likeness (QED) is 0.744. The smallest absolute Gasteiger partial charge is 0.423 e. The van der Waals surface area contributed by atoms with Crippen molar-refractivity contribution in [3.63, 3.8) is 0 Å². The van der Waals surface area contributed by atoms with Gasteiger partial charge < -0.3 is 10.0 Å². The summed E-state index contributed by atoms with van der Waals surface area (Å²) < 4.78 is 0. The Kier molecular flexibility index (Phi) is 3.72. The zero-order chi connectivity index (χ0) is 11.8. The van der Waals surface area contributed by atoms with Gasteiger partial charge in [-0.05, 0) is 28.6 Å². The largest absolute Gasteiger partial charge is 0.488 e. The third kappa shape index (κ3) is 2.88. The molecule has 0 saturated carbocycles. The molecule has 0 aromatic heterocycles. The molecule has 5 heteroatoms. The molecule has 2 N–H and O–H groups in total. The minimum atomic E-state index is -1.56. The van der Waals surface area contributed by atoms with Crippen LogP contribution < -0.4 is 5.46 Å². The number of benzene rings is 1. The molecule has 0 heterocycles. The molecule has 0 spiro atoms. The van der Waals surface area contributed by atoms with Crippen molar-refractivity contribution in [3.8, 4) is 0 Å². The highest BCUT2D eigenvalue weighted by Gasteiger charge is 2.27. The van der Waals surface area contributed by atoms with Crippen molar-refractivity contribution < 1.29 is 10.0 Å². The molecule has 0 saturated heterocycles. The maximum absolute atomic E-state index is 9.26. The molecule has 2 nitrogen and oxygen atoms in total. The molecule has 0 radical (unpaired) electrons. The first-order valence-electron chi connectivity index (χ1n) is 4.59. The van der Waals surface area contributed by atoms with E-state index >= 15 is 0 Å². The molecule has 0 aliphatic rings. The van der Waals surface area contributed by atoms with Gasteiger partial charge in [0.25, 0.3) is 0 Å². The van der Waals surface area contributed by atoms with Crippen molar-refractivity contribution in [1.29, 1.82) is 0 Å². The normalized spacial score (nSPS) is 11.7. The molecule has 15 heavy (non-hydrogen) atoms. The third-order valence-electron chi connectivity index (χ3n) is 2.11. The monoisotopic (exact) mass is 246 g/mol. The first-order valence-corrected chi connectivity index (χ1v) is 5.34. The number of hydrogen-bond acceptors (Lipinski definition) is 2. The fourth-order valence-electron chi connectivity index (χ4n) is 1.59. The lowest BCUT2D eigenvalue weighted by Gasteiger charge is -2.24. The van der Waals surface area contributed by atoms with Gasteiger partial charge in [0.15, 0.2) is 0 Å². The average Bonchev–Trinajstić information content (AvgIpc) is 1.99. The Bertz CT molecular complexity index is 372. The van der Waals surface area contributed by atoms with Crippen LogP contribution >= 0.6 is 23.2 Å². The lowest BCUT2D eigenvalue weighted by atomic mass is 9.70. The van der Waals surface area contributed by atoms with E-state index in [4.69, 9.17) is 23.2 Å². The molecule has 0 atom stereocenters. The van der Waals surface area contributed by atoms with Crippen LogP contribution in [0.25, 0.3) is 0 Å². The zero-order valence-electron chi connectivity index (χ0n) is 8.88. The molecule has 1 aromatic rings. The van der Waals surface area contributed by atoms with E-state index in [1.54, 1.807) is 6.07 Å². The van der Waals surface area contributed by atoms with Crippen LogP contribution in [-0.2, 0) is 5.41 Å². The van der Waals surface area contributed by atoms with E-state index in [9.17, 15) is 10.0 Å². The average molecular weight is 247 g/mol. The Morgan fingerprint density at radius 1 is 1.13 bits per heavy atom. The summed E-state index contributed by atoms with van der Waals surface area (Å²) in [7, 11) is -1.56. The van der Waals surface area contributed by atoms with Crippen molar-refractivity contribution in [3.05, 3.63) is 27.7 Å². The van der Waals surface area contributed by atoms with Gasteiger partial charge >= 0.3 is 7.12 Å². The van der Waals surface area contributed by atoms with Gasteiger partial charge in [0, 0.05) is 10.0 Å². The summed E-state index contributed by atoms with van der Waals surface area (Å²) in [6, 6.07) is 3.13. The van der Waals surface area contributed by atoms with Gasteiger partial charge in [-0.2, -0.15) is 0 Å². The van der Waals surface area contributed by atoms with Gasteiger partial charge in [-0.25, -0.2) is 0 Å². The predicted molar refractivity (Wildman–Crippen MR) is 65.0 cm³/mol. The second-order valence-corrected chi connectivity index (χ2v) is 5.32. The molecule has 82 valence electrons. The molecule has 0 unspecified atom stereocenters. The van der Waals surface area contributed by atoms with Crippen molar-refractivity contribution in [1.82, 2.24) is 0 Å². The molecule has 0 aliphatic heterocycles. The maximum atomic E-state index is 9.26. The second-order valence-electron chi connectivity index (χ2n) is 4.48. The molecule has 1 aromatic carbocycles. The van der Waals surface area contributed by atoms with E-state index in [0.717, 1.165) is 0 Å². The van der Waals surface area contributed by atoms with Gasteiger partial charge in [-0.1, -0.05) is 44.0 Å². The van der Waals surface area contributed by atoms with Gasteiger partial charge in [-0.15, -0.1) is 0 Å². The van der Waals surface area contributed by atoms with Crippen molar-refractivity contribution >= 4 is 35.8 Å². The number of halogens is 2. The summed E-state index contributed by atoms with van der Waals surface area (Å²) in [6.07, 6.45) is 0. The van der Waals surface area contributed by atoms with Gasteiger partial charge in [0.2, 0.25) is 0 Å². The van der Waals surface area contributed by atoms with E-state index in [-0.39, 0.29) is 5.41 Å². The molecule has 0 aliphatic carbocycles. The maximum Gasteiger partial charge on any atom is 0.488 e. The summed E-state index contributed by atoms with van der Waals surface area (Å²) in [4.78, 5) is 0. The van der Waals surface area contributed by atoms with Crippen molar-refractivity contribution in [2.24, 2.45) is 0 Å². The standard InChI is InChI=1S/C10H13BCl2O2/c1-10(2,3)9-7(11(14)15)4-6(12)5-8(9)13/h4-5,14-15H,1-3H3. The summed E-state index contributed by atoms with van der Waals surface area (Å²) in [5.41, 5.74) is 0.810. The topological polar surface area (TPSA) is 40.5 Å². The van der Waals surface area contributed by atoms with Crippen LogP contribution in [0.1, 0.15) is 26.3 Å². The van der Waals surface area contributed by atoms with E-state index in [0.29, 0.717) is 21.1 Å². The first-order chi connectivity index (χ1) is 6.73. The first kappa shape index (κ1) is 12.9. The van der Waals surface area contributed by atoms with Crippen LogP contribution in [-0.4, -0.2) is 17.2 Å². The van der Waals surface area contributed by atoms with Crippen LogP contribution in [0, 0.1) is 0 Å². The fraction of sp³-hybridized carbons (Fsp3) is 0.400. The van der Waals surface area contributed by atoms with Crippen molar-refractivity contribution in [2.75, 3.05) is 0 Å². The highest BCUT2D eigenvalue weighted by Crippen LogP contribution is 2.30. The Balaban J connectivity index is 3.48. The van der Waals surface area contributed by atoms with Crippen LogP contribution in [0.15, 0.2) is 12.1 Å². The van der Waals surface area contributed by atoms with E-state index in [1.165, 1.54) is 6.07 Å². The minimum Gasteiger partial charge on any atom is -0.423 e. The lowest BCUT2D eigenvalue weighted by Crippen LogP contribution is -2.37. The Morgan fingerprint density at radius 3 is 2.07 bits per heavy atom. The van der Waals surface area contributed by atoms with Gasteiger partial charge in [0.1, 0.15) is 0 Å². The summed E-state index contributed by atoms with van der Waals surface area (Å²) in [5, 5.41) is 19.4. The second kappa shape index (κ2) is 4.34. The molecule has 0 bridgehead atoms. The van der Waals surface area contributed by atoms with Crippen LogP contribution in [0.5, 0.6) is 0 Å². The third-order valence-corrected chi connectivity index (χ3v) is 2.63. The fourth-order valence-corrected chi connectivity index (χ4v) is 2.38. The predicted octanol–water partition coefficient (Wildman–Crippen LogP) is 1.97. The van der Waals surface area contributed by atoms with Gasteiger partial charge in [0.05, 0.1) is 0 Å². The van der Waals surface area contributed by atoms with E-state index in [2.05, 4.69) is 0 Å². The van der Waals surface area contributed by atoms with Gasteiger partial charge in [-0.3, -0.25) is 0 Å². The zero-order valence-corrected chi connectivity index (χ0v) is 10.4. The van der Waals surface area contributed by atoms with Crippen LogP contribution in [0.3, 0.4) is 0 Å². The molecule has 1 rings (SSSR count). The summed E-state index contributed by atoms with van der Waals surface area (Å²) in [6.45, 7) is 5.86. The highest BCUT2D eigenvalue weighted by atomic mass is 35.5. The molecular weight excluding hydrogens is 234 g/mol. The highest BCUT2D eigenvalue weighted by molar-refractivity contribution is 6.60. The van der Waals surface area contributed by atoms with Crippen LogP contribution in [0.2, 0.25) is 10.0 Å². The lowest BCUT2D eigenvalue weighted by molar-refractivity contribution is 0.424. The van der Waals surface area contributed by atoms with Crippen molar-refractivity contribution in [2.45, 2.75) is 26.2 Å². The molecule has 0 fully saturated rings.